The average Bonchev–Trinajstić information content (AvgIpc) is 3.65. The Morgan fingerprint density at radius 2 is 1.27 bits per heavy atom. The number of amides is 1. The molecule has 0 saturated carbocycles. The van der Waals surface area contributed by atoms with Crippen molar-refractivity contribution in [3.63, 3.8) is 0 Å². The molecule has 12 unspecified atom stereocenters. The third-order valence-corrected chi connectivity index (χ3v) is 14.8. The minimum Gasteiger partial charge on any atom is -0.465 e. The molecule has 2 N–H and O–H groups in total. The van der Waals surface area contributed by atoms with Crippen molar-refractivity contribution in [1.29, 1.82) is 0 Å². The summed E-state index contributed by atoms with van der Waals surface area (Å²) >= 11 is 0. The van der Waals surface area contributed by atoms with Crippen LogP contribution < -0.4 is 10.6 Å². The third-order valence-electron chi connectivity index (χ3n) is 14.8. The molecule has 3 saturated heterocycles. The van der Waals surface area contributed by atoms with Gasteiger partial charge in [0.25, 0.3) is 5.79 Å². The van der Waals surface area contributed by atoms with Crippen LogP contribution in [0.1, 0.15) is 30.0 Å². The average molecular weight is 1160 g/mol. The maximum Gasteiger partial charge on any atom is 0.366 e. The van der Waals surface area contributed by atoms with E-state index in [1.165, 1.54) is 71.1 Å². The minimum absolute atomic E-state index is 0.00809. The van der Waals surface area contributed by atoms with Crippen LogP contribution in [0.5, 0.6) is 0 Å². The molecule has 22 heteroatoms. The fourth-order valence-corrected chi connectivity index (χ4v) is 10.7. The van der Waals surface area contributed by atoms with E-state index in [2.05, 4.69) is 10.6 Å². The quantitative estimate of drug-likeness (QED) is 0.0571. The topological polar surface area (TPSA) is 224 Å². The lowest BCUT2D eigenvalue weighted by atomic mass is 9.88. The molecule has 3 aliphatic heterocycles. The van der Waals surface area contributed by atoms with Gasteiger partial charge in [0.05, 0.1) is 64.2 Å². The van der Waals surface area contributed by atoms with Gasteiger partial charge in [-0.15, -0.1) is 0 Å². The van der Waals surface area contributed by atoms with Gasteiger partial charge in [-0.3, -0.25) is 4.79 Å². The maximum absolute atomic E-state index is 14.1. The van der Waals surface area contributed by atoms with Crippen LogP contribution >= 0.6 is 0 Å². The first-order valence-corrected chi connectivity index (χ1v) is 27.3. The summed E-state index contributed by atoms with van der Waals surface area (Å²) in [5, 5.41) is 6.38. The van der Waals surface area contributed by atoms with Gasteiger partial charge >= 0.3 is 5.97 Å². The number of benzene rings is 2. The lowest BCUT2D eigenvalue weighted by Gasteiger charge is -2.50. The van der Waals surface area contributed by atoms with Gasteiger partial charge in [0.1, 0.15) is 67.1 Å². The second kappa shape index (κ2) is 35.8. The normalized spacial score (nSPS) is 30.5. The van der Waals surface area contributed by atoms with Crippen LogP contribution in [0.3, 0.4) is 0 Å². The van der Waals surface area contributed by atoms with Crippen molar-refractivity contribution >= 4 is 24.0 Å². The van der Waals surface area contributed by atoms with Crippen molar-refractivity contribution < 1.29 is 94.9 Å². The summed E-state index contributed by atoms with van der Waals surface area (Å²) in [6.07, 6.45) is 2.60. The molecule has 3 heterocycles. The molecule has 0 aliphatic carbocycles. The Hall–Kier alpha value is -4.38. The molecule has 460 valence electrons. The predicted molar refractivity (Wildman–Crippen MR) is 303 cm³/mol. The van der Waals surface area contributed by atoms with E-state index < -0.39 is 116 Å². The highest BCUT2D eigenvalue weighted by Crippen LogP contribution is 2.39. The number of nitrogens with one attached hydrogen (secondary N) is 2. The van der Waals surface area contributed by atoms with Crippen LogP contribution in [0.15, 0.2) is 91.1 Å². The van der Waals surface area contributed by atoms with Crippen LogP contribution in [0.25, 0.3) is 12.2 Å². The largest absolute Gasteiger partial charge is 0.465 e. The second-order valence-electron chi connectivity index (χ2n) is 19.7. The molecule has 18 atom stereocenters. The number of methoxy groups -OCH3 is 12. The molecule has 82 heavy (non-hydrogen) atoms. The number of rotatable bonds is 34. The lowest BCUT2D eigenvalue weighted by molar-refractivity contribution is -0.374. The number of carbonyl (C=O) groups is 2. The first-order chi connectivity index (χ1) is 39.8. The predicted octanol–water partition coefficient (Wildman–Crippen LogP) is 4.12. The van der Waals surface area contributed by atoms with E-state index in [-0.39, 0.29) is 45.2 Å². The summed E-state index contributed by atoms with van der Waals surface area (Å²) in [7, 11) is 19.7. The summed E-state index contributed by atoms with van der Waals surface area (Å²) in [6, 6.07) is 16.7. The lowest BCUT2D eigenvalue weighted by Crippen LogP contribution is -2.69. The molecular weight excluding hydrogens is 1070 g/mol. The summed E-state index contributed by atoms with van der Waals surface area (Å²) in [5.74, 6) is -3.13. The fraction of sp³-hybridized carbons (Fsp3) is 0.633. The highest BCUT2D eigenvalue weighted by atomic mass is 16.8. The molecular formula is C60H90N2O20. The molecule has 2 aromatic rings. The summed E-state index contributed by atoms with van der Waals surface area (Å²) < 4.78 is 111. The molecule has 0 aromatic heterocycles. The number of hydrogen-bond acceptors (Lipinski definition) is 21. The Kier molecular flexibility index (Phi) is 29.9. The van der Waals surface area contributed by atoms with E-state index in [4.69, 9.17) is 85.3 Å². The second-order valence-corrected chi connectivity index (χ2v) is 19.7. The van der Waals surface area contributed by atoms with E-state index in [9.17, 15) is 9.59 Å². The van der Waals surface area contributed by atoms with Crippen LogP contribution in [-0.2, 0) is 101 Å². The van der Waals surface area contributed by atoms with Crippen LogP contribution in [-0.4, -0.2) is 240 Å². The third kappa shape index (κ3) is 18.1. The molecule has 0 bridgehead atoms. The number of allylic oxidation sites excluding steroid dienone is 5. The summed E-state index contributed by atoms with van der Waals surface area (Å²) in [5.41, 5.74) is 2.94. The van der Waals surface area contributed by atoms with Crippen LogP contribution in [0.2, 0.25) is 0 Å². The number of carbonyl (C=O) groups excluding carboxylic acids is 2. The number of ether oxygens (including phenoxy) is 18. The van der Waals surface area contributed by atoms with Gasteiger partial charge in [-0.2, -0.15) is 0 Å². The van der Waals surface area contributed by atoms with Crippen molar-refractivity contribution in [1.82, 2.24) is 10.6 Å². The zero-order chi connectivity index (χ0) is 59.6. The van der Waals surface area contributed by atoms with E-state index in [1.807, 2.05) is 110 Å². The highest BCUT2D eigenvalue weighted by molar-refractivity contribution is 5.79. The van der Waals surface area contributed by atoms with Crippen molar-refractivity contribution in [3.8, 4) is 0 Å². The molecule has 3 aliphatic rings. The first kappa shape index (κ1) is 68.4. The van der Waals surface area contributed by atoms with Crippen molar-refractivity contribution in [2.24, 2.45) is 0 Å². The minimum atomic E-state index is -2.06. The smallest absolute Gasteiger partial charge is 0.366 e. The Labute approximate surface area is 484 Å². The van der Waals surface area contributed by atoms with Crippen molar-refractivity contribution in [3.05, 3.63) is 108 Å². The van der Waals surface area contributed by atoms with Crippen molar-refractivity contribution in [2.45, 2.75) is 130 Å². The molecule has 3 fully saturated rings. The molecule has 0 spiro atoms. The Bertz CT molecular complexity index is 2260. The van der Waals surface area contributed by atoms with E-state index in [0.29, 0.717) is 0 Å². The Balaban J connectivity index is 1.33. The molecule has 22 nitrogen and oxygen atoms in total. The van der Waals surface area contributed by atoms with E-state index in [0.717, 1.165) is 16.7 Å². The fourth-order valence-electron chi connectivity index (χ4n) is 10.7. The monoisotopic (exact) mass is 1160 g/mol. The van der Waals surface area contributed by atoms with Gasteiger partial charge < -0.3 is 95.9 Å². The summed E-state index contributed by atoms with van der Waals surface area (Å²) in [4.78, 5) is 27.8. The zero-order valence-corrected chi connectivity index (χ0v) is 50.0. The zero-order valence-electron chi connectivity index (χ0n) is 50.0. The van der Waals surface area contributed by atoms with E-state index in [1.54, 1.807) is 21.3 Å². The Morgan fingerprint density at radius 1 is 0.659 bits per heavy atom. The van der Waals surface area contributed by atoms with Gasteiger partial charge in [-0.1, -0.05) is 103 Å². The number of hydrogen-bond donors (Lipinski definition) is 2. The molecule has 5 rings (SSSR count). The molecule has 1 amide bonds. The number of esters is 1. The van der Waals surface area contributed by atoms with Gasteiger partial charge in [0.15, 0.2) is 12.6 Å². The van der Waals surface area contributed by atoms with Gasteiger partial charge in [0.2, 0.25) is 5.91 Å². The standard InChI is InChI=1S/C60H90N2O20/c1-15-23-42(67-5)41(62-47(63)32-40-30-28-39(29-31-40)27-20-17-16-19-24-38-25-21-18-22-26-38)34-77-57-55(74-12)54(73-11)51(45(79-57)36-66-4)81-58-56(75-13)53(72-10)50(71-9)46(80-58)37-78-60(59(64)76-14)33-43(68-6)48(61-2)52(82-60)49(70-8)44(69-7)35-65-3/h15-31,41-46,48-58,61H,32-37H2,1-14H3,(H,62,63)/b17-16+,23-15+,24-19+,27-20+/t41?,42?,43?,44?,45?,46?,48-,49?,50-,51-,52?,53?,54?,55?,56?,57+,58-,60-/m0/s1. The van der Waals surface area contributed by atoms with Crippen molar-refractivity contribution in [2.75, 3.05) is 119 Å². The molecule has 0 radical (unpaired) electrons. The summed E-state index contributed by atoms with van der Waals surface area (Å²) in [6.45, 7) is 1.64. The van der Waals surface area contributed by atoms with Crippen LogP contribution in [0, 0.1) is 0 Å². The van der Waals surface area contributed by atoms with Gasteiger partial charge in [0, 0.05) is 84.6 Å². The highest BCUT2D eigenvalue weighted by Gasteiger charge is 2.59. The Morgan fingerprint density at radius 3 is 1.82 bits per heavy atom. The van der Waals surface area contributed by atoms with Crippen LogP contribution in [0.4, 0.5) is 0 Å². The SMILES string of the molecule is C/C=C/C(OC)C(CO[C@@H]1OC(COC)[C@H](O[C@@H]2OC(CO[C@@]3(C(=O)OC)CC(OC)[C@H](NC)C(C(OC)C(COC)OC)O3)[C@H](OC)C(OC)C2OC)C(OC)C1OC)NC(=O)Cc1ccc(/C=C/C=C/C=C/c2ccccc2)cc1. The van der Waals surface area contributed by atoms with Gasteiger partial charge in [-0.05, 0) is 30.7 Å². The number of likely N-dealkylation sites (N-methyl/N-ethyl adjacent to an activating group) is 1. The van der Waals surface area contributed by atoms with Gasteiger partial charge in [-0.25, -0.2) is 4.79 Å². The first-order valence-electron chi connectivity index (χ1n) is 27.3. The maximum atomic E-state index is 14.1. The molecule has 2 aromatic carbocycles. The van der Waals surface area contributed by atoms with E-state index >= 15 is 0 Å².